The van der Waals surface area contributed by atoms with E-state index in [0.29, 0.717) is 0 Å². The highest BCUT2D eigenvalue weighted by Gasteiger charge is 2.12. The Kier molecular flexibility index (Phi) is 8.02. The normalized spacial score (nSPS) is 10.9. The van der Waals surface area contributed by atoms with Crippen molar-refractivity contribution >= 4 is 16.5 Å². The molecule has 1 heterocycles. The molecule has 1 aromatic rings. The molecule has 110 valence electrons. The van der Waals surface area contributed by atoms with Crippen molar-refractivity contribution in [1.29, 1.82) is 0 Å². The van der Waals surface area contributed by atoms with Gasteiger partial charge < -0.3 is 15.0 Å². The zero-order valence-electron chi connectivity index (χ0n) is 12.7. The number of nitrogens with one attached hydrogen (secondary N) is 1. The van der Waals surface area contributed by atoms with Gasteiger partial charge in [0.05, 0.1) is 12.3 Å². The van der Waals surface area contributed by atoms with E-state index in [-0.39, 0.29) is 0 Å². The summed E-state index contributed by atoms with van der Waals surface area (Å²) in [5, 5.41) is 4.55. The van der Waals surface area contributed by atoms with Gasteiger partial charge in [0.15, 0.2) is 5.13 Å². The lowest BCUT2D eigenvalue weighted by Crippen LogP contribution is -2.18. The van der Waals surface area contributed by atoms with E-state index in [0.717, 1.165) is 37.8 Å². The van der Waals surface area contributed by atoms with Crippen molar-refractivity contribution in [2.24, 2.45) is 0 Å². The highest BCUT2D eigenvalue weighted by Crippen LogP contribution is 2.26. The highest BCUT2D eigenvalue weighted by molar-refractivity contribution is 7.15. The Morgan fingerprint density at radius 1 is 1.37 bits per heavy atom. The van der Waals surface area contributed by atoms with Crippen molar-refractivity contribution in [3.63, 3.8) is 0 Å². The van der Waals surface area contributed by atoms with Crippen molar-refractivity contribution < 1.29 is 4.74 Å². The fourth-order valence-electron chi connectivity index (χ4n) is 1.81. The van der Waals surface area contributed by atoms with E-state index < -0.39 is 0 Å². The van der Waals surface area contributed by atoms with Crippen LogP contribution in [-0.2, 0) is 17.7 Å². The van der Waals surface area contributed by atoms with Gasteiger partial charge in [0.1, 0.15) is 0 Å². The molecule has 0 radical (unpaired) electrons. The monoisotopic (exact) mass is 285 g/mol. The standard InChI is InChI=1S/C14H27N3OS/c1-5-7-9-17(3)14-16-12(6-2)13(19-14)11-15-8-10-18-4/h15H,5-11H2,1-4H3. The van der Waals surface area contributed by atoms with E-state index in [9.17, 15) is 0 Å². The second kappa shape index (κ2) is 9.28. The molecule has 0 aromatic carbocycles. The zero-order chi connectivity index (χ0) is 14.1. The maximum atomic E-state index is 5.04. The lowest BCUT2D eigenvalue weighted by atomic mass is 10.3. The summed E-state index contributed by atoms with van der Waals surface area (Å²) >= 11 is 1.81. The van der Waals surface area contributed by atoms with Crippen molar-refractivity contribution in [1.82, 2.24) is 10.3 Å². The second-order valence-electron chi connectivity index (χ2n) is 4.66. The van der Waals surface area contributed by atoms with Gasteiger partial charge in [-0.05, 0) is 12.8 Å². The number of thiazole rings is 1. The predicted octanol–water partition coefficient (Wildman–Crippen LogP) is 2.68. The van der Waals surface area contributed by atoms with Gasteiger partial charge in [-0.3, -0.25) is 0 Å². The molecule has 0 aliphatic carbocycles. The van der Waals surface area contributed by atoms with Crippen LogP contribution in [0.15, 0.2) is 0 Å². The molecule has 0 aliphatic heterocycles. The molecule has 19 heavy (non-hydrogen) atoms. The van der Waals surface area contributed by atoms with Crippen LogP contribution in [0, 0.1) is 0 Å². The number of anilines is 1. The Morgan fingerprint density at radius 2 is 2.16 bits per heavy atom. The third kappa shape index (κ3) is 5.47. The van der Waals surface area contributed by atoms with Crippen LogP contribution >= 0.6 is 11.3 Å². The summed E-state index contributed by atoms with van der Waals surface area (Å²) in [6, 6.07) is 0. The Morgan fingerprint density at radius 3 is 2.79 bits per heavy atom. The van der Waals surface area contributed by atoms with Gasteiger partial charge in [0.2, 0.25) is 0 Å². The van der Waals surface area contributed by atoms with Crippen molar-refractivity contribution in [3.8, 4) is 0 Å². The molecule has 0 spiro atoms. The number of methoxy groups -OCH3 is 1. The van der Waals surface area contributed by atoms with Gasteiger partial charge in [0, 0.05) is 38.7 Å². The van der Waals surface area contributed by atoms with E-state index in [2.05, 4.69) is 31.1 Å². The SMILES string of the molecule is CCCCN(C)c1nc(CC)c(CNCCOC)s1. The Balaban J connectivity index is 2.57. The van der Waals surface area contributed by atoms with Crippen molar-refractivity contribution in [2.45, 2.75) is 39.7 Å². The molecular weight excluding hydrogens is 258 g/mol. The Labute approximate surface area is 121 Å². The maximum absolute atomic E-state index is 5.04. The largest absolute Gasteiger partial charge is 0.383 e. The molecule has 0 bridgehead atoms. The van der Waals surface area contributed by atoms with Gasteiger partial charge in [-0.2, -0.15) is 0 Å². The van der Waals surface area contributed by atoms with E-state index in [1.807, 2.05) is 11.3 Å². The molecule has 0 aliphatic rings. The first-order valence-electron chi connectivity index (χ1n) is 7.12. The van der Waals surface area contributed by atoms with Crippen molar-refractivity contribution in [2.75, 3.05) is 38.8 Å². The summed E-state index contributed by atoms with van der Waals surface area (Å²) < 4.78 is 5.04. The number of nitrogens with zero attached hydrogens (tertiary/aromatic N) is 2. The average molecular weight is 285 g/mol. The van der Waals surface area contributed by atoms with Gasteiger partial charge >= 0.3 is 0 Å². The maximum Gasteiger partial charge on any atom is 0.185 e. The summed E-state index contributed by atoms with van der Waals surface area (Å²) in [6.07, 6.45) is 3.44. The van der Waals surface area contributed by atoms with Crippen LogP contribution in [0.1, 0.15) is 37.3 Å². The summed E-state index contributed by atoms with van der Waals surface area (Å²) in [5.74, 6) is 0. The number of ether oxygens (including phenoxy) is 1. The van der Waals surface area contributed by atoms with Crippen LogP contribution in [0.2, 0.25) is 0 Å². The van der Waals surface area contributed by atoms with Crippen LogP contribution in [-0.4, -0.2) is 38.8 Å². The molecule has 5 heteroatoms. The van der Waals surface area contributed by atoms with Crippen LogP contribution in [0.5, 0.6) is 0 Å². The third-order valence-electron chi connectivity index (χ3n) is 3.04. The average Bonchev–Trinajstić information content (AvgIpc) is 2.84. The number of aromatic nitrogens is 1. The van der Waals surface area contributed by atoms with Gasteiger partial charge in [-0.1, -0.05) is 20.3 Å². The highest BCUT2D eigenvalue weighted by atomic mass is 32.1. The number of unbranched alkanes of at least 4 members (excludes halogenated alkanes) is 1. The molecule has 0 saturated carbocycles. The van der Waals surface area contributed by atoms with E-state index in [4.69, 9.17) is 9.72 Å². The first kappa shape index (κ1) is 16.4. The summed E-state index contributed by atoms with van der Waals surface area (Å²) in [6.45, 7) is 8.01. The van der Waals surface area contributed by atoms with E-state index in [1.165, 1.54) is 23.4 Å². The molecular formula is C14H27N3OS. The molecule has 4 nitrogen and oxygen atoms in total. The van der Waals surface area contributed by atoms with Crippen LogP contribution in [0.3, 0.4) is 0 Å². The predicted molar refractivity (Wildman–Crippen MR) is 83.3 cm³/mol. The first-order chi connectivity index (χ1) is 9.22. The zero-order valence-corrected chi connectivity index (χ0v) is 13.5. The molecule has 1 aromatic heterocycles. The summed E-state index contributed by atoms with van der Waals surface area (Å²) in [4.78, 5) is 8.38. The molecule has 0 atom stereocenters. The fraction of sp³-hybridized carbons (Fsp3) is 0.786. The lowest BCUT2D eigenvalue weighted by molar-refractivity contribution is 0.199. The molecule has 0 saturated heterocycles. The number of aryl methyl sites for hydroxylation is 1. The van der Waals surface area contributed by atoms with E-state index in [1.54, 1.807) is 7.11 Å². The minimum Gasteiger partial charge on any atom is -0.383 e. The van der Waals surface area contributed by atoms with Gasteiger partial charge in [-0.15, -0.1) is 11.3 Å². The molecule has 1 N–H and O–H groups in total. The molecule has 0 unspecified atom stereocenters. The van der Waals surface area contributed by atoms with Crippen LogP contribution in [0.25, 0.3) is 0 Å². The second-order valence-corrected chi connectivity index (χ2v) is 5.73. The Bertz CT molecular complexity index is 354. The lowest BCUT2D eigenvalue weighted by Gasteiger charge is -2.14. The van der Waals surface area contributed by atoms with Gasteiger partial charge in [-0.25, -0.2) is 4.98 Å². The minimum absolute atomic E-state index is 0.753. The quantitative estimate of drug-likeness (QED) is 0.671. The summed E-state index contributed by atoms with van der Waals surface area (Å²) in [7, 11) is 3.86. The molecule has 0 amide bonds. The number of hydrogen-bond acceptors (Lipinski definition) is 5. The molecule has 0 fully saturated rings. The number of rotatable bonds is 10. The van der Waals surface area contributed by atoms with Gasteiger partial charge in [0.25, 0.3) is 0 Å². The Hall–Kier alpha value is -0.650. The third-order valence-corrected chi connectivity index (χ3v) is 4.26. The molecule has 1 rings (SSSR count). The topological polar surface area (TPSA) is 37.4 Å². The summed E-state index contributed by atoms with van der Waals surface area (Å²) in [5.41, 5.74) is 1.23. The fourth-order valence-corrected chi connectivity index (χ4v) is 2.92. The first-order valence-corrected chi connectivity index (χ1v) is 7.93. The van der Waals surface area contributed by atoms with E-state index >= 15 is 0 Å². The smallest absolute Gasteiger partial charge is 0.185 e. The van der Waals surface area contributed by atoms with Crippen LogP contribution in [0.4, 0.5) is 5.13 Å². The van der Waals surface area contributed by atoms with Crippen molar-refractivity contribution in [3.05, 3.63) is 10.6 Å². The number of hydrogen-bond donors (Lipinski definition) is 1. The van der Waals surface area contributed by atoms with Crippen LogP contribution < -0.4 is 10.2 Å². The minimum atomic E-state index is 0.753.